The van der Waals surface area contributed by atoms with E-state index in [9.17, 15) is 9.59 Å². The first-order valence-electron chi connectivity index (χ1n) is 11.5. The zero-order valence-corrected chi connectivity index (χ0v) is 18.2. The summed E-state index contributed by atoms with van der Waals surface area (Å²) >= 11 is 0. The van der Waals surface area contributed by atoms with Crippen molar-refractivity contribution in [2.24, 2.45) is 5.41 Å². The molecule has 0 radical (unpaired) electrons. The molecule has 0 N–H and O–H groups in total. The normalized spacial score (nSPS) is 25.1. The minimum absolute atomic E-state index is 0.193. The summed E-state index contributed by atoms with van der Waals surface area (Å²) in [5.41, 5.74) is 2.28. The number of likely N-dealkylation sites (tertiary alicyclic amines) is 1. The third kappa shape index (κ3) is 4.46. The van der Waals surface area contributed by atoms with Crippen molar-refractivity contribution in [1.29, 1.82) is 0 Å². The standard InChI is InChI=1S/C25H34N2O3/c1-30-22-8-3-2-7-21(22)20-10-16-26(17-11-20)14-4-5-15-27-18-13-25(19-24(27)29)12-6-9-23(25)28/h2-3,7-8,10H,4-6,9,11-19H2,1H3. The number of rotatable bonds is 7. The fraction of sp³-hybridized carbons (Fsp3) is 0.600. The summed E-state index contributed by atoms with van der Waals surface area (Å²) in [6.07, 6.45) is 9.40. The number of unbranched alkanes of at least 4 members (excludes halogenated alkanes) is 1. The SMILES string of the molecule is COc1ccccc1C1=CCN(CCCCN2CCC3(CCCC3=O)CC2=O)CC1. The summed E-state index contributed by atoms with van der Waals surface area (Å²) in [5, 5.41) is 0. The fourth-order valence-electron chi connectivity index (χ4n) is 5.35. The maximum atomic E-state index is 12.6. The number of nitrogens with zero attached hydrogens (tertiary/aromatic N) is 2. The van der Waals surface area contributed by atoms with Crippen LogP contribution < -0.4 is 4.74 Å². The summed E-state index contributed by atoms with van der Waals surface area (Å²) in [6, 6.07) is 8.24. The molecule has 2 heterocycles. The molecule has 1 saturated carbocycles. The summed E-state index contributed by atoms with van der Waals surface area (Å²) in [5.74, 6) is 1.48. The number of para-hydroxylation sites is 1. The van der Waals surface area contributed by atoms with Gasteiger partial charge in [0.1, 0.15) is 11.5 Å². The highest BCUT2D eigenvalue weighted by Crippen LogP contribution is 2.44. The van der Waals surface area contributed by atoms with E-state index >= 15 is 0 Å². The highest BCUT2D eigenvalue weighted by Gasteiger charge is 2.46. The third-order valence-electron chi connectivity index (χ3n) is 7.25. The average molecular weight is 411 g/mol. The van der Waals surface area contributed by atoms with E-state index in [0.717, 1.165) is 77.0 Å². The van der Waals surface area contributed by atoms with Gasteiger partial charge in [-0.1, -0.05) is 24.3 Å². The number of Topliss-reactive ketones (excluding diaryl/α,β-unsaturated/α-hetero) is 1. The molecule has 1 aromatic rings. The van der Waals surface area contributed by atoms with Crippen LogP contribution in [0.1, 0.15) is 56.9 Å². The summed E-state index contributed by atoms with van der Waals surface area (Å²) in [7, 11) is 1.73. The van der Waals surface area contributed by atoms with Crippen molar-refractivity contribution in [3.63, 3.8) is 0 Å². The van der Waals surface area contributed by atoms with Gasteiger partial charge in [-0.05, 0) is 56.7 Å². The maximum absolute atomic E-state index is 12.6. The molecule has 1 atom stereocenters. The summed E-state index contributed by atoms with van der Waals surface area (Å²) < 4.78 is 5.50. The lowest BCUT2D eigenvalue weighted by molar-refractivity contribution is -0.144. The average Bonchev–Trinajstić information content (AvgIpc) is 3.12. The zero-order chi connectivity index (χ0) is 21.0. The van der Waals surface area contributed by atoms with Gasteiger partial charge >= 0.3 is 0 Å². The van der Waals surface area contributed by atoms with Gasteiger partial charge in [0.25, 0.3) is 0 Å². The Morgan fingerprint density at radius 2 is 1.87 bits per heavy atom. The largest absolute Gasteiger partial charge is 0.496 e. The van der Waals surface area contributed by atoms with Gasteiger partial charge in [-0.2, -0.15) is 0 Å². The Morgan fingerprint density at radius 3 is 2.57 bits per heavy atom. The molecular formula is C25H34N2O3. The van der Waals surface area contributed by atoms with Crippen LogP contribution in [0.4, 0.5) is 0 Å². The molecule has 1 unspecified atom stereocenters. The van der Waals surface area contributed by atoms with E-state index in [-0.39, 0.29) is 11.3 Å². The molecule has 2 aliphatic heterocycles. The van der Waals surface area contributed by atoms with Crippen molar-refractivity contribution in [1.82, 2.24) is 9.80 Å². The van der Waals surface area contributed by atoms with Gasteiger partial charge in [0, 0.05) is 50.0 Å². The first-order chi connectivity index (χ1) is 14.6. The zero-order valence-electron chi connectivity index (χ0n) is 18.2. The van der Waals surface area contributed by atoms with E-state index in [4.69, 9.17) is 4.74 Å². The predicted octanol–water partition coefficient (Wildman–Crippen LogP) is 3.93. The van der Waals surface area contributed by atoms with Gasteiger partial charge in [-0.25, -0.2) is 0 Å². The molecule has 0 aromatic heterocycles. The molecule has 0 bridgehead atoms. The molecule has 3 aliphatic rings. The fourth-order valence-corrected chi connectivity index (χ4v) is 5.35. The third-order valence-corrected chi connectivity index (χ3v) is 7.25. The Balaban J connectivity index is 1.19. The Bertz CT molecular complexity index is 818. The van der Waals surface area contributed by atoms with Gasteiger partial charge in [0.15, 0.2) is 0 Å². The van der Waals surface area contributed by atoms with E-state index in [1.54, 1.807) is 7.11 Å². The molecule has 1 amide bonds. The van der Waals surface area contributed by atoms with Gasteiger partial charge in [-0.15, -0.1) is 0 Å². The topological polar surface area (TPSA) is 49.9 Å². The molecule has 1 spiro atoms. The molecule has 2 fully saturated rings. The summed E-state index contributed by atoms with van der Waals surface area (Å²) in [4.78, 5) is 29.2. The van der Waals surface area contributed by atoms with Crippen molar-refractivity contribution in [3.05, 3.63) is 35.9 Å². The van der Waals surface area contributed by atoms with Crippen LogP contribution in [-0.2, 0) is 9.59 Å². The van der Waals surface area contributed by atoms with Crippen LogP contribution >= 0.6 is 0 Å². The van der Waals surface area contributed by atoms with Crippen LogP contribution in [-0.4, -0.2) is 61.3 Å². The van der Waals surface area contributed by atoms with Crippen molar-refractivity contribution in [2.45, 2.75) is 51.4 Å². The molecular weight excluding hydrogens is 376 g/mol. The van der Waals surface area contributed by atoms with Crippen LogP contribution in [0.2, 0.25) is 0 Å². The minimum atomic E-state index is -0.299. The van der Waals surface area contributed by atoms with E-state index in [0.29, 0.717) is 18.6 Å². The lowest BCUT2D eigenvalue weighted by atomic mass is 9.76. The number of methoxy groups -OCH3 is 1. The number of carbonyl (C=O) groups is 2. The Morgan fingerprint density at radius 1 is 1.03 bits per heavy atom. The van der Waals surface area contributed by atoms with Crippen LogP contribution in [0.3, 0.4) is 0 Å². The van der Waals surface area contributed by atoms with Gasteiger partial charge in [0.2, 0.25) is 5.91 Å². The molecule has 1 aliphatic carbocycles. The number of ether oxygens (including phenoxy) is 1. The van der Waals surface area contributed by atoms with Crippen molar-refractivity contribution in [2.75, 3.05) is 39.8 Å². The molecule has 5 nitrogen and oxygen atoms in total. The molecule has 5 heteroatoms. The minimum Gasteiger partial charge on any atom is -0.496 e. The first kappa shape index (κ1) is 21.1. The second-order valence-corrected chi connectivity index (χ2v) is 9.05. The first-order valence-corrected chi connectivity index (χ1v) is 11.5. The van der Waals surface area contributed by atoms with E-state index in [1.807, 2.05) is 17.0 Å². The lowest BCUT2D eigenvalue weighted by Crippen LogP contribution is -2.46. The lowest BCUT2D eigenvalue weighted by Gasteiger charge is -2.37. The smallest absolute Gasteiger partial charge is 0.223 e. The second kappa shape index (κ2) is 9.34. The summed E-state index contributed by atoms with van der Waals surface area (Å²) in [6.45, 7) is 4.70. The number of carbonyl (C=O) groups excluding carboxylic acids is 2. The molecule has 4 rings (SSSR count). The van der Waals surface area contributed by atoms with E-state index in [1.165, 1.54) is 11.1 Å². The Hall–Kier alpha value is -2.14. The highest BCUT2D eigenvalue weighted by atomic mass is 16.5. The van der Waals surface area contributed by atoms with Crippen LogP contribution in [0.25, 0.3) is 5.57 Å². The molecule has 30 heavy (non-hydrogen) atoms. The van der Waals surface area contributed by atoms with E-state index < -0.39 is 0 Å². The quantitative estimate of drug-likeness (QED) is 0.639. The number of ketones is 1. The van der Waals surface area contributed by atoms with Crippen LogP contribution in [0, 0.1) is 5.41 Å². The maximum Gasteiger partial charge on any atom is 0.223 e. The highest BCUT2D eigenvalue weighted by molar-refractivity contribution is 5.92. The van der Waals surface area contributed by atoms with Crippen LogP contribution in [0.15, 0.2) is 30.3 Å². The number of piperidine rings is 1. The number of hydrogen-bond donors (Lipinski definition) is 0. The van der Waals surface area contributed by atoms with Gasteiger partial charge in [-0.3, -0.25) is 14.5 Å². The van der Waals surface area contributed by atoms with Crippen molar-refractivity contribution < 1.29 is 14.3 Å². The number of benzene rings is 1. The van der Waals surface area contributed by atoms with Crippen molar-refractivity contribution in [3.8, 4) is 5.75 Å². The monoisotopic (exact) mass is 410 g/mol. The number of hydrogen-bond acceptors (Lipinski definition) is 4. The number of amides is 1. The van der Waals surface area contributed by atoms with Gasteiger partial charge < -0.3 is 9.64 Å². The predicted molar refractivity (Wildman–Crippen MR) is 118 cm³/mol. The van der Waals surface area contributed by atoms with Crippen LogP contribution in [0.5, 0.6) is 5.75 Å². The van der Waals surface area contributed by atoms with Gasteiger partial charge in [0.05, 0.1) is 7.11 Å². The second-order valence-electron chi connectivity index (χ2n) is 9.05. The molecule has 1 saturated heterocycles. The van der Waals surface area contributed by atoms with Crippen molar-refractivity contribution >= 4 is 17.3 Å². The van der Waals surface area contributed by atoms with E-state index in [2.05, 4.69) is 23.1 Å². The molecule has 1 aromatic carbocycles. The Kier molecular flexibility index (Phi) is 6.57. The Labute approximate surface area is 180 Å². The molecule has 162 valence electrons.